The molecular weight excluding hydrogens is 204 g/mol. The van der Waals surface area contributed by atoms with E-state index in [4.69, 9.17) is 5.11 Å². The molecule has 0 bridgehead atoms. The van der Waals surface area contributed by atoms with Gasteiger partial charge in [-0.05, 0) is 32.9 Å². The number of rotatable bonds is 7. The molecule has 0 amide bonds. The van der Waals surface area contributed by atoms with Crippen molar-refractivity contribution in [3.8, 4) is 0 Å². The van der Waals surface area contributed by atoms with E-state index >= 15 is 0 Å². The van der Waals surface area contributed by atoms with Gasteiger partial charge in [0.15, 0.2) is 0 Å². The van der Waals surface area contributed by atoms with E-state index in [1.165, 1.54) is 25.7 Å². The molecule has 0 heterocycles. The molecule has 0 radical (unpaired) electrons. The lowest BCUT2D eigenvalue weighted by molar-refractivity contribution is -0.138. The van der Waals surface area contributed by atoms with Gasteiger partial charge in [-0.2, -0.15) is 0 Å². The van der Waals surface area contributed by atoms with Gasteiger partial charge in [-0.15, -0.1) is 0 Å². The molecule has 1 rings (SSSR count). The summed E-state index contributed by atoms with van der Waals surface area (Å²) in [6.45, 7) is 2.93. The minimum atomic E-state index is -0.711. The summed E-state index contributed by atoms with van der Waals surface area (Å²) in [5, 5.41) is 8.87. The number of carboxylic acid groups (broad SMARTS) is 1. The van der Waals surface area contributed by atoms with E-state index in [2.05, 4.69) is 9.80 Å². The van der Waals surface area contributed by atoms with Crippen molar-refractivity contribution >= 4 is 5.97 Å². The van der Waals surface area contributed by atoms with Crippen LogP contribution in [0.2, 0.25) is 0 Å². The lowest BCUT2D eigenvalue weighted by Crippen LogP contribution is -2.38. The van der Waals surface area contributed by atoms with Crippen LogP contribution in [-0.2, 0) is 4.79 Å². The van der Waals surface area contributed by atoms with Gasteiger partial charge in [0, 0.05) is 19.6 Å². The zero-order chi connectivity index (χ0) is 12.0. The minimum Gasteiger partial charge on any atom is -0.480 e. The number of nitrogens with zero attached hydrogens (tertiary/aromatic N) is 2. The van der Waals surface area contributed by atoms with E-state index in [1.54, 1.807) is 0 Å². The number of carboxylic acids is 1. The van der Waals surface area contributed by atoms with Crippen molar-refractivity contribution in [1.82, 2.24) is 9.80 Å². The molecule has 16 heavy (non-hydrogen) atoms. The summed E-state index contributed by atoms with van der Waals surface area (Å²) < 4.78 is 0. The molecule has 4 heteroatoms. The Hall–Kier alpha value is -0.610. The molecule has 1 aliphatic carbocycles. The average Bonchev–Trinajstić information content (AvgIpc) is 2.66. The maximum atomic E-state index is 10.8. The fourth-order valence-electron chi connectivity index (χ4n) is 2.33. The summed E-state index contributed by atoms with van der Waals surface area (Å²) in [7, 11) is 4.04. The third-order valence-electron chi connectivity index (χ3n) is 3.21. The lowest BCUT2D eigenvalue weighted by atomic mass is 10.1. The van der Waals surface area contributed by atoms with Crippen molar-refractivity contribution < 1.29 is 9.90 Å². The molecule has 0 saturated heterocycles. The van der Waals surface area contributed by atoms with Crippen LogP contribution < -0.4 is 0 Å². The van der Waals surface area contributed by atoms with Crippen LogP contribution in [0.25, 0.3) is 0 Å². The fraction of sp³-hybridized carbons (Fsp3) is 0.917. The van der Waals surface area contributed by atoms with Crippen LogP contribution in [0.3, 0.4) is 0 Å². The van der Waals surface area contributed by atoms with Crippen LogP contribution in [0.5, 0.6) is 0 Å². The van der Waals surface area contributed by atoms with Crippen LogP contribution in [0, 0.1) is 5.92 Å². The second-order valence-electron chi connectivity index (χ2n) is 5.08. The highest BCUT2D eigenvalue weighted by Crippen LogP contribution is 2.25. The van der Waals surface area contributed by atoms with Gasteiger partial charge in [-0.25, -0.2) is 0 Å². The van der Waals surface area contributed by atoms with E-state index in [0.717, 1.165) is 25.6 Å². The molecule has 4 nitrogen and oxygen atoms in total. The number of carbonyl (C=O) groups is 1. The Balaban J connectivity index is 2.32. The van der Waals surface area contributed by atoms with Crippen LogP contribution in [0.1, 0.15) is 25.7 Å². The highest BCUT2D eigenvalue weighted by Gasteiger charge is 2.19. The molecule has 0 unspecified atom stereocenters. The summed E-state index contributed by atoms with van der Waals surface area (Å²) >= 11 is 0. The smallest absolute Gasteiger partial charge is 0.317 e. The predicted octanol–water partition coefficient (Wildman–Crippen LogP) is 1.12. The standard InChI is InChI=1S/C12H24N2O2/c1-13(2)7-8-14(10-12(15)16)9-11-5-3-4-6-11/h11H,3-10H2,1-2H3,(H,15,16). The summed E-state index contributed by atoms with van der Waals surface area (Å²) in [5.41, 5.74) is 0. The summed E-state index contributed by atoms with van der Waals surface area (Å²) in [4.78, 5) is 15.0. The number of hydrogen-bond acceptors (Lipinski definition) is 3. The molecule has 1 fully saturated rings. The van der Waals surface area contributed by atoms with E-state index in [9.17, 15) is 4.79 Å². The molecule has 0 aromatic heterocycles. The number of likely N-dealkylation sites (N-methyl/N-ethyl adjacent to an activating group) is 1. The third-order valence-corrected chi connectivity index (χ3v) is 3.21. The van der Waals surface area contributed by atoms with Gasteiger partial charge < -0.3 is 10.0 Å². The van der Waals surface area contributed by atoms with E-state index < -0.39 is 5.97 Å². The first-order valence-corrected chi connectivity index (χ1v) is 6.17. The molecule has 1 saturated carbocycles. The van der Waals surface area contributed by atoms with Gasteiger partial charge in [-0.1, -0.05) is 12.8 Å². The molecule has 0 spiro atoms. The molecule has 94 valence electrons. The Morgan fingerprint density at radius 3 is 2.38 bits per heavy atom. The maximum absolute atomic E-state index is 10.8. The van der Waals surface area contributed by atoms with Gasteiger partial charge in [-0.3, -0.25) is 9.69 Å². The van der Waals surface area contributed by atoms with Gasteiger partial charge in [0.05, 0.1) is 6.54 Å². The molecular formula is C12H24N2O2. The molecule has 0 aromatic rings. The Labute approximate surface area is 98.2 Å². The first-order valence-electron chi connectivity index (χ1n) is 6.17. The number of hydrogen-bond donors (Lipinski definition) is 1. The van der Waals surface area contributed by atoms with Crippen molar-refractivity contribution in [2.45, 2.75) is 25.7 Å². The second-order valence-corrected chi connectivity index (χ2v) is 5.08. The minimum absolute atomic E-state index is 0.185. The Morgan fingerprint density at radius 2 is 1.88 bits per heavy atom. The van der Waals surface area contributed by atoms with Gasteiger partial charge >= 0.3 is 5.97 Å². The zero-order valence-electron chi connectivity index (χ0n) is 10.5. The van der Waals surface area contributed by atoms with Crippen molar-refractivity contribution in [3.63, 3.8) is 0 Å². The van der Waals surface area contributed by atoms with Gasteiger partial charge in [0.25, 0.3) is 0 Å². The third kappa shape index (κ3) is 5.47. The van der Waals surface area contributed by atoms with Crippen LogP contribution in [-0.4, -0.2) is 61.2 Å². The number of aliphatic carboxylic acids is 1. The molecule has 0 atom stereocenters. The van der Waals surface area contributed by atoms with E-state index in [1.807, 2.05) is 14.1 Å². The predicted molar refractivity (Wildman–Crippen MR) is 64.6 cm³/mol. The first kappa shape index (κ1) is 13.5. The highest BCUT2D eigenvalue weighted by molar-refractivity contribution is 5.69. The molecule has 1 aliphatic rings. The van der Waals surface area contributed by atoms with Crippen LogP contribution in [0.15, 0.2) is 0 Å². The van der Waals surface area contributed by atoms with E-state index in [-0.39, 0.29) is 6.54 Å². The second kappa shape index (κ2) is 6.86. The fourth-order valence-corrected chi connectivity index (χ4v) is 2.33. The summed E-state index contributed by atoms with van der Waals surface area (Å²) in [5.74, 6) is 0.0123. The van der Waals surface area contributed by atoms with Crippen molar-refractivity contribution in [3.05, 3.63) is 0 Å². The lowest BCUT2D eigenvalue weighted by Gasteiger charge is -2.25. The molecule has 1 N–H and O–H groups in total. The average molecular weight is 228 g/mol. The highest BCUT2D eigenvalue weighted by atomic mass is 16.4. The Kier molecular flexibility index (Phi) is 5.77. The molecule has 0 aliphatic heterocycles. The topological polar surface area (TPSA) is 43.8 Å². The normalized spacial score (nSPS) is 17.5. The first-order chi connectivity index (χ1) is 7.58. The Morgan fingerprint density at radius 1 is 1.25 bits per heavy atom. The van der Waals surface area contributed by atoms with Crippen LogP contribution >= 0.6 is 0 Å². The van der Waals surface area contributed by atoms with Gasteiger partial charge in [0.2, 0.25) is 0 Å². The maximum Gasteiger partial charge on any atom is 0.317 e. The Bertz CT molecular complexity index is 213. The van der Waals surface area contributed by atoms with Crippen molar-refractivity contribution in [2.75, 3.05) is 40.3 Å². The monoisotopic (exact) mass is 228 g/mol. The largest absolute Gasteiger partial charge is 0.480 e. The van der Waals surface area contributed by atoms with Crippen LogP contribution in [0.4, 0.5) is 0 Å². The molecule has 0 aromatic carbocycles. The van der Waals surface area contributed by atoms with Crippen molar-refractivity contribution in [2.24, 2.45) is 5.92 Å². The van der Waals surface area contributed by atoms with Crippen molar-refractivity contribution in [1.29, 1.82) is 0 Å². The quantitative estimate of drug-likeness (QED) is 0.709. The summed E-state index contributed by atoms with van der Waals surface area (Å²) in [6.07, 6.45) is 5.19. The van der Waals surface area contributed by atoms with E-state index in [0.29, 0.717) is 0 Å². The van der Waals surface area contributed by atoms with Gasteiger partial charge in [0.1, 0.15) is 0 Å². The SMILES string of the molecule is CN(C)CCN(CC(=O)O)CC1CCCC1. The summed E-state index contributed by atoms with van der Waals surface area (Å²) in [6, 6.07) is 0. The zero-order valence-corrected chi connectivity index (χ0v) is 10.5.